The van der Waals surface area contributed by atoms with Crippen LogP contribution in [-0.2, 0) is 49.6 Å². The average molecular weight is 847 g/mol. The maximum atomic E-state index is 14.0. The Morgan fingerprint density at radius 2 is 1.43 bits per heavy atom. The Morgan fingerprint density at radius 3 is 2.02 bits per heavy atom. The molecule has 16 N–H and O–H groups in total. The second kappa shape index (κ2) is 25.9. The number of primary amides is 1. The molecule has 1 aromatic rings. The summed E-state index contributed by atoms with van der Waals surface area (Å²) in [6.07, 6.45) is 0.961. The first-order valence-electron chi connectivity index (χ1n) is 19.4. The highest BCUT2D eigenvalue weighted by molar-refractivity contribution is 5.98. The van der Waals surface area contributed by atoms with Crippen LogP contribution in [0.2, 0.25) is 0 Å². The van der Waals surface area contributed by atoms with Crippen molar-refractivity contribution in [2.75, 3.05) is 32.8 Å². The molecule has 0 aromatic heterocycles. The number of aliphatic carboxylic acids is 1. The number of aliphatic hydroxyl groups is 1. The number of carbonyl (C=O) groups excluding carboxylic acids is 8. The maximum Gasteiger partial charge on any atom is 0.322 e. The Balaban J connectivity index is 2.28. The number of aliphatic imine (C=N–C) groups is 1. The van der Waals surface area contributed by atoms with Gasteiger partial charge in [0.2, 0.25) is 47.3 Å². The number of rotatable bonds is 26. The highest BCUT2D eigenvalue weighted by Gasteiger charge is 2.34. The smallest absolute Gasteiger partial charge is 0.322 e. The van der Waals surface area contributed by atoms with Gasteiger partial charge in [-0.05, 0) is 43.7 Å². The Bertz CT molecular complexity index is 1690. The van der Waals surface area contributed by atoms with Crippen molar-refractivity contribution in [3.05, 3.63) is 35.9 Å². The highest BCUT2D eigenvalue weighted by atomic mass is 16.4. The predicted molar refractivity (Wildman–Crippen MR) is 215 cm³/mol. The SMILES string of the molecule is CC[C@H](C)[C@H](NC(=O)[C@H](Cc1ccccc1)NC(=O)CNC(=O)[C@H](CO)NC(=O)[C@@H]1CCCN1)C(=O)N[C@@H](CCCN=C(N)N)C(=O)N[C@@H](CC(N)=O)C(=O)NCC(=O)O. The minimum absolute atomic E-state index is 0.0336. The van der Waals surface area contributed by atoms with Gasteiger partial charge in [-0.25, -0.2) is 0 Å². The number of carboxylic acids is 1. The molecule has 332 valence electrons. The Kier molecular flexibility index (Phi) is 21.5. The van der Waals surface area contributed by atoms with Gasteiger partial charge in [-0.2, -0.15) is 0 Å². The van der Waals surface area contributed by atoms with E-state index in [0.717, 1.165) is 6.42 Å². The predicted octanol–water partition coefficient (Wildman–Crippen LogP) is -5.31. The molecule has 1 aromatic carbocycles. The summed E-state index contributed by atoms with van der Waals surface area (Å²) in [5, 5.41) is 38.7. The third kappa shape index (κ3) is 18.1. The second-order valence-corrected chi connectivity index (χ2v) is 14.1. The van der Waals surface area contributed by atoms with Gasteiger partial charge in [0.1, 0.15) is 36.8 Å². The normalized spacial score (nSPS) is 16.2. The van der Waals surface area contributed by atoms with Crippen molar-refractivity contribution < 1.29 is 53.4 Å². The minimum atomic E-state index is -1.61. The van der Waals surface area contributed by atoms with Crippen molar-refractivity contribution in [2.45, 2.75) is 95.0 Å². The summed E-state index contributed by atoms with van der Waals surface area (Å²) in [7, 11) is 0. The Hall–Kier alpha value is -6.36. The molecule has 2 rings (SSSR count). The van der Waals surface area contributed by atoms with Gasteiger partial charge in [0, 0.05) is 13.0 Å². The lowest BCUT2D eigenvalue weighted by molar-refractivity contribution is -0.139. The van der Waals surface area contributed by atoms with E-state index < -0.39 is 122 Å². The minimum Gasteiger partial charge on any atom is -0.480 e. The topological polar surface area (TPSA) is 381 Å². The summed E-state index contributed by atoms with van der Waals surface area (Å²) in [6, 6.07) is 1.14. The van der Waals surface area contributed by atoms with E-state index in [1.165, 1.54) is 0 Å². The molecule has 0 aliphatic carbocycles. The van der Waals surface area contributed by atoms with Crippen molar-refractivity contribution >= 4 is 59.2 Å². The van der Waals surface area contributed by atoms with Gasteiger partial charge in [-0.15, -0.1) is 0 Å². The fourth-order valence-corrected chi connectivity index (χ4v) is 5.93. The average Bonchev–Trinajstić information content (AvgIpc) is 3.76. The number of nitrogens with zero attached hydrogens (tertiary/aromatic N) is 1. The van der Waals surface area contributed by atoms with Crippen molar-refractivity contribution in [3.63, 3.8) is 0 Å². The van der Waals surface area contributed by atoms with Crippen LogP contribution in [0.5, 0.6) is 0 Å². The molecule has 60 heavy (non-hydrogen) atoms. The van der Waals surface area contributed by atoms with Crippen LogP contribution in [0.1, 0.15) is 57.9 Å². The molecule has 0 radical (unpaired) electrons. The molecular weight excluding hydrogens is 788 g/mol. The largest absolute Gasteiger partial charge is 0.480 e. The van der Waals surface area contributed by atoms with Crippen LogP contribution in [0.15, 0.2) is 35.3 Å². The summed E-state index contributed by atoms with van der Waals surface area (Å²) < 4.78 is 0. The van der Waals surface area contributed by atoms with Gasteiger partial charge in [-0.3, -0.25) is 48.1 Å². The quantitative estimate of drug-likeness (QED) is 0.0235. The third-order valence-electron chi connectivity index (χ3n) is 9.37. The Morgan fingerprint density at radius 1 is 0.800 bits per heavy atom. The standard InChI is InChI=1S/C37H58N12O11/c1-3-20(2)30(36(60)46-23(12-8-14-42-37(39)40)34(58)47-25(16-27(38)51)31(55)44-18-29(53)54)49-35(59)24(15-21-9-5-4-6-10-21)45-28(52)17-43-32(56)26(19-50)48-33(57)22-11-7-13-41-22/h4-6,9-10,20,22-26,30,41,50H,3,7-8,11-19H2,1-2H3,(H2,38,51)(H,43,56)(H,44,55)(H,45,52)(H,46,60)(H,47,58)(H,48,57)(H,49,59)(H,53,54)(H4,39,40,42)/t20-,22-,23-,24-,25-,26-,30-/m0/s1. The van der Waals surface area contributed by atoms with Crippen molar-refractivity contribution in [3.8, 4) is 0 Å². The first-order chi connectivity index (χ1) is 28.4. The molecule has 1 fully saturated rings. The van der Waals surface area contributed by atoms with Crippen LogP contribution < -0.4 is 59.7 Å². The fourth-order valence-electron chi connectivity index (χ4n) is 5.93. The molecule has 23 nitrogen and oxygen atoms in total. The molecule has 0 unspecified atom stereocenters. The monoisotopic (exact) mass is 846 g/mol. The van der Waals surface area contributed by atoms with Crippen molar-refractivity contribution in [2.24, 2.45) is 28.1 Å². The zero-order valence-corrected chi connectivity index (χ0v) is 33.7. The van der Waals surface area contributed by atoms with E-state index in [2.05, 4.69) is 47.5 Å². The molecule has 7 atom stereocenters. The number of hydrogen-bond donors (Lipinski definition) is 13. The number of carboxylic acid groups (broad SMARTS) is 1. The number of benzene rings is 1. The van der Waals surface area contributed by atoms with Crippen LogP contribution in [0.3, 0.4) is 0 Å². The summed E-state index contributed by atoms with van der Waals surface area (Å²) in [4.78, 5) is 119. The summed E-state index contributed by atoms with van der Waals surface area (Å²) in [6.45, 7) is 1.88. The van der Waals surface area contributed by atoms with Crippen molar-refractivity contribution in [1.82, 2.24) is 42.5 Å². The van der Waals surface area contributed by atoms with Crippen molar-refractivity contribution in [1.29, 1.82) is 0 Å². The molecule has 23 heteroatoms. The van der Waals surface area contributed by atoms with Crippen LogP contribution >= 0.6 is 0 Å². The van der Waals surface area contributed by atoms with Crippen LogP contribution in [0.4, 0.5) is 0 Å². The molecule has 1 heterocycles. The van der Waals surface area contributed by atoms with E-state index in [9.17, 15) is 48.3 Å². The van der Waals surface area contributed by atoms with Crippen LogP contribution in [0, 0.1) is 5.92 Å². The molecule has 1 saturated heterocycles. The highest BCUT2D eigenvalue weighted by Crippen LogP contribution is 2.12. The summed E-state index contributed by atoms with van der Waals surface area (Å²) in [5.74, 6) is -8.89. The molecular formula is C37H58N12O11. The number of nitrogens with one attached hydrogen (secondary N) is 8. The third-order valence-corrected chi connectivity index (χ3v) is 9.37. The van der Waals surface area contributed by atoms with E-state index in [0.29, 0.717) is 24.9 Å². The second-order valence-electron chi connectivity index (χ2n) is 14.1. The fraction of sp³-hybridized carbons (Fsp3) is 0.568. The van der Waals surface area contributed by atoms with Crippen LogP contribution in [-0.4, -0.2) is 138 Å². The number of hydrogen-bond acceptors (Lipinski definition) is 12. The molecule has 8 amide bonds. The van der Waals surface area contributed by atoms with Gasteiger partial charge in [0.15, 0.2) is 5.96 Å². The summed E-state index contributed by atoms with van der Waals surface area (Å²) >= 11 is 0. The number of nitrogens with two attached hydrogens (primary N) is 3. The van der Waals surface area contributed by atoms with Crippen LogP contribution in [0.25, 0.3) is 0 Å². The molecule has 0 spiro atoms. The van der Waals surface area contributed by atoms with E-state index in [4.69, 9.17) is 22.3 Å². The zero-order chi connectivity index (χ0) is 44.8. The molecule has 1 aliphatic heterocycles. The molecule has 0 saturated carbocycles. The van der Waals surface area contributed by atoms with E-state index in [-0.39, 0.29) is 31.8 Å². The van der Waals surface area contributed by atoms with Gasteiger partial charge in [-0.1, -0.05) is 50.6 Å². The molecule has 0 bridgehead atoms. The lowest BCUT2D eigenvalue weighted by Crippen LogP contribution is -2.60. The first-order valence-corrected chi connectivity index (χ1v) is 19.4. The van der Waals surface area contributed by atoms with Gasteiger partial charge in [0.05, 0.1) is 25.6 Å². The molecule has 1 aliphatic rings. The van der Waals surface area contributed by atoms with Gasteiger partial charge < -0.3 is 69.9 Å². The number of guanidine groups is 1. The lowest BCUT2D eigenvalue weighted by atomic mass is 9.96. The number of aliphatic hydroxyl groups excluding tert-OH is 1. The lowest BCUT2D eigenvalue weighted by Gasteiger charge is -2.29. The number of amides is 8. The van der Waals surface area contributed by atoms with E-state index in [1.54, 1.807) is 44.2 Å². The Labute approximate surface area is 346 Å². The summed E-state index contributed by atoms with van der Waals surface area (Å²) in [5.41, 5.74) is 16.7. The zero-order valence-electron chi connectivity index (χ0n) is 33.7. The van der Waals surface area contributed by atoms with E-state index in [1.807, 2.05) is 0 Å². The van der Waals surface area contributed by atoms with E-state index >= 15 is 0 Å². The van der Waals surface area contributed by atoms with Gasteiger partial charge in [0.25, 0.3) is 0 Å². The number of carbonyl (C=O) groups is 9. The van der Waals surface area contributed by atoms with Gasteiger partial charge >= 0.3 is 5.97 Å². The maximum absolute atomic E-state index is 14.0. The first kappa shape index (κ1) is 49.8.